The summed E-state index contributed by atoms with van der Waals surface area (Å²) >= 11 is 0. The minimum absolute atomic E-state index is 0.0306. The molecule has 0 radical (unpaired) electrons. The van der Waals surface area contributed by atoms with E-state index in [-0.39, 0.29) is 18.0 Å². The number of rotatable bonds is 3. The molecule has 0 fully saturated rings. The molecule has 0 saturated heterocycles. The van der Waals surface area contributed by atoms with Crippen molar-refractivity contribution in [3.8, 4) is 0 Å². The van der Waals surface area contributed by atoms with Gasteiger partial charge < -0.3 is 9.15 Å². The Hall–Kier alpha value is -2.17. The second-order valence-corrected chi connectivity index (χ2v) is 6.50. The molecule has 22 heavy (non-hydrogen) atoms. The van der Waals surface area contributed by atoms with Gasteiger partial charge in [-0.2, -0.15) is 0 Å². The highest BCUT2D eigenvalue weighted by atomic mass is 16.6. The number of allylic oxidation sites excluding steroid dienone is 1. The summed E-state index contributed by atoms with van der Waals surface area (Å²) < 4.78 is 10.8. The van der Waals surface area contributed by atoms with E-state index >= 15 is 0 Å². The molecule has 1 aromatic heterocycles. The molecule has 5 nitrogen and oxygen atoms in total. The largest absolute Gasteiger partial charge is 0.469 e. The van der Waals surface area contributed by atoms with Crippen LogP contribution in [0.5, 0.6) is 0 Å². The first kappa shape index (κ1) is 16.2. The van der Waals surface area contributed by atoms with Gasteiger partial charge in [-0.3, -0.25) is 14.4 Å². The Bertz CT molecular complexity index is 618. The van der Waals surface area contributed by atoms with E-state index in [1.165, 1.54) is 25.3 Å². The SMILES string of the molecule is CC(=O)[C@@]1(C(=O)OC(C)(C)C)C=CC(=O)C[C@@H]1c1ccco1. The summed E-state index contributed by atoms with van der Waals surface area (Å²) in [6.45, 7) is 6.54. The van der Waals surface area contributed by atoms with E-state index in [1.807, 2.05) is 0 Å². The first-order valence-electron chi connectivity index (χ1n) is 7.17. The number of carbonyl (C=O) groups excluding carboxylic acids is 3. The van der Waals surface area contributed by atoms with Crippen molar-refractivity contribution in [1.82, 2.24) is 0 Å². The fraction of sp³-hybridized carbons (Fsp3) is 0.471. The van der Waals surface area contributed by atoms with Crippen molar-refractivity contribution in [2.45, 2.75) is 45.6 Å². The maximum absolute atomic E-state index is 12.7. The molecule has 2 rings (SSSR count). The predicted octanol–water partition coefficient (Wildman–Crippen LogP) is 2.81. The number of carbonyl (C=O) groups is 3. The maximum Gasteiger partial charge on any atom is 0.324 e. The van der Waals surface area contributed by atoms with Crippen LogP contribution < -0.4 is 0 Å². The Labute approximate surface area is 129 Å². The number of esters is 1. The van der Waals surface area contributed by atoms with Crippen LogP contribution in [-0.4, -0.2) is 23.1 Å². The van der Waals surface area contributed by atoms with Crippen molar-refractivity contribution in [2.75, 3.05) is 0 Å². The molecule has 1 aliphatic rings. The van der Waals surface area contributed by atoms with Crippen LogP contribution in [0.25, 0.3) is 0 Å². The first-order chi connectivity index (χ1) is 10.2. The van der Waals surface area contributed by atoms with Crippen LogP contribution in [0.1, 0.15) is 45.8 Å². The standard InChI is InChI=1S/C17H20O5/c1-11(18)17(15(20)22-16(2,3)4)8-7-12(19)10-13(17)14-6-5-9-21-14/h5-9,13H,10H2,1-4H3/t13-,17+/m1/s1. The van der Waals surface area contributed by atoms with Crippen LogP contribution in [0.3, 0.4) is 0 Å². The second kappa shape index (κ2) is 5.55. The monoisotopic (exact) mass is 304 g/mol. The maximum atomic E-state index is 12.7. The van der Waals surface area contributed by atoms with Gasteiger partial charge in [0.2, 0.25) is 0 Å². The van der Waals surface area contributed by atoms with Crippen molar-refractivity contribution in [2.24, 2.45) is 5.41 Å². The molecule has 0 aromatic carbocycles. The highest BCUT2D eigenvalue weighted by molar-refractivity contribution is 6.09. The third-order valence-corrected chi connectivity index (χ3v) is 3.69. The molecule has 0 N–H and O–H groups in total. The Balaban J connectivity index is 2.54. The van der Waals surface area contributed by atoms with E-state index in [4.69, 9.17) is 9.15 Å². The fourth-order valence-electron chi connectivity index (χ4n) is 2.66. The van der Waals surface area contributed by atoms with Crippen LogP contribution >= 0.6 is 0 Å². The van der Waals surface area contributed by atoms with Crippen LogP contribution in [-0.2, 0) is 19.1 Å². The van der Waals surface area contributed by atoms with Gasteiger partial charge in [-0.25, -0.2) is 0 Å². The summed E-state index contributed by atoms with van der Waals surface area (Å²) in [7, 11) is 0. The topological polar surface area (TPSA) is 73.6 Å². The van der Waals surface area contributed by atoms with Gasteiger partial charge in [-0.15, -0.1) is 0 Å². The van der Waals surface area contributed by atoms with E-state index in [9.17, 15) is 14.4 Å². The lowest BCUT2D eigenvalue weighted by molar-refractivity contribution is -0.169. The van der Waals surface area contributed by atoms with Gasteiger partial charge >= 0.3 is 5.97 Å². The van der Waals surface area contributed by atoms with E-state index < -0.39 is 22.9 Å². The van der Waals surface area contributed by atoms with Gasteiger partial charge in [0, 0.05) is 6.42 Å². The normalized spacial score (nSPS) is 25.1. The predicted molar refractivity (Wildman–Crippen MR) is 79.2 cm³/mol. The molecule has 0 amide bonds. The lowest BCUT2D eigenvalue weighted by Crippen LogP contribution is -2.47. The van der Waals surface area contributed by atoms with Crippen molar-refractivity contribution >= 4 is 17.5 Å². The smallest absolute Gasteiger partial charge is 0.324 e. The molecule has 0 bridgehead atoms. The summed E-state index contributed by atoms with van der Waals surface area (Å²) in [5, 5.41) is 0. The molecule has 0 saturated carbocycles. The van der Waals surface area contributed by atoms with Crippen LogP contribution in [0.4, 0.5) is 0 Å². The van der Waals surface area contributed by atoms with Crippen molar-refractivity contribution in [3.05, 3.63) is 36.3 Å². The summed E-state index contributed by atoms with van der Waals surface area (Å²) in [5.41, 5.74) is -2.26. The first-order valence-corrected chi connectivity index (χ1v) is 7.17. The number of hydrogen-bond acceptors (Lipinski definition) is 5. The van der Waals surface area contributed by atoms with E-state index in [0.29, 0.717) is 5.76 Å². The molecule has 118 valence electrons. The summed E-state index contributed by atoms with van der Waals surface area (Å²) in [6.07, 6.45) is 4.13. The fourth-order valence-corrected chi connectivity index (χ4v) is 2.66. The Morgan fingerprint density at radius 1 is 1.36 bits per heavy atom. The zero-order chi connectivity index (χ0) is 16.5. The molecule has 0 unspecified atom stereocenters. The lowest BCUT2D eigenvalue weighted by atomic mass is 9.66. The lowest BCUT2D eigenvalue weighted by Gasteiger charge is -2.37. The minimum atomic E-state index is -1.53. The Kier molecular flexibility index (Phi) is 4.09. The molecular weight excluding hydrogens is 284 g/mol. The highest BCUT2D eigenvalue weighted by Crippen LogP contribution is 2.45. The summed E-state index contributed by atoms with van der Waals surface area (Å²) in [5.74, 6) is -1.43. The summed E-state index contributed by atoms with van der Waals surface area (Å²) in [6, 6.07) is 3.33. The average Bonchev–Trinajstić information content (AvgIpc) is 2.89. The van der Waals surface area contributed by atoms with Crippen LogP contribution in [0, 0.1) is 5.41 Å². The molecule has 0 aliphatic heterocycles. The van der Waals surface area contributed by atoms with Gasteiger partial charge in [-0.1, -0.05) is 6.08 Å². The van der Waals surface area contributed by atoms with Gasteiger partial charge in [0.05, 0.1) is 12.2 Å². The average molecular weight is 304 g/mol. The zero-order valence-electron chi connectivity index (χ0n) is 13.2. The highest BCUT2D eigenvalue weighted by Gasteiger charge is 2.54. The van der Waals surface area contributed by atoms with E-state index in [2.05, 4.69) is 0 Å². The van der Waals surface area contributed by atoms with E-state index in [1.54, 1.807) is 32.9 Å². The Morgan fingerprint density at radius 3 is 2.55 bits per heavy atom. The number of furan rings is 1. The number of Topliss-reactive ketones (excluding diaryl/α,β-unsaturated/α-hetero) is 1. The summed E-state index contributed by atoms with van der Waals surface area (Å²) in [4.78, 5) is 36.9. The number of ketones is 2. The third-order valence-electron chi connectivity index (χ3n) is 3.69. The molecule has 1 heterocycles. The molecular formula is C17H20O5. The zero-order valence-corrected chi connectivity index (χ0v) is 13.2. The third kappa shape index (κ3) is 2.89. The van der Waals surface area contributed by atoms with Gasteiger partial charge in [0.1, 0.15) is 11.4 Å². The van der Waals surface area contributed by atoms with Crippen LogP contribution in [0.15, 0.2) is 35.0 Å². The van der Waals surface area contributed by atoms with Crippen molar-refractivity contribution in [1.29, 1.82) is 0 Å². The Morgan fingerprint density at radius 2 is 2.05 bits per heavy atom. The van der Waals surface area contributed by atoms with Gasteiger partial charge in [0.15, 0.2) is 17.0 Å². The van der Waals surface area contributed by atoms with Crippen LogP contribution in [0.2, 0.25) is 0 Å². The second-order valence-electron chi connectivity index (χ2n) is 6.50. The van der Waals surface area contributed by atoms with Crippen molar-refractivity contribution < 1.29 is 23.5 Å². The van der Waals surface area contributed by atoms with Gasteiger partial charge in [0.25, 0.3) is 0 Å². The van der Waals surface area contributed by atoms with E-state index in [0.717, 1.165) is 0 Å². The molecule has 2 atom stereocenters. The van der Waals surface area contributed by atoms with Crippen molar-refractivity contribution in [3.63, 3.8) is 0 Å². The molecule has 1 aliphatic carbocycles. The quantitative estimate of drug-likeness (QED) is 0.634. The minimum Gasteiger partial charge on any atom is -0.469 e. The molecule has 5 heteroatoms. The number of ether oxygens (including phenoxy) is 1. The number of hydrogen-bond donors (Lipinski definition) is 0. The molecule has 0 spiro atoms. The molecule has 1 aromatic rings. The van der Waals surface area contributed by atoms with Gasteiger partial charge in [-0.05, 0) is 45.9 Å².